The van der Waals surface area contributed by atoms with Crippen LogP contribution in [0.5, 0.6) is 0 Å². The number of nitro benzene ring substituents is 1. The lowest BCUT2D eigenvalue weighted by Crippen LogP contribution is -2.16. The lowest BCUT2D eigenvalue weighted by molar-refractivity contribution is -0.385. The summed E-state index contributed by atoms with van der Waals surface area (Å²) in [7, 11) is 0. The summed E-state index contributed by atoms with van der Waals surface area (Å²) in [6.07, 6.45) is 7.28. The van der Waals surface area contributed by atoms with Crippen molar-refractivity contribution in [3.05, 3.63) is 33.9 Å². The Morgan fingerprint density at radius 3 is 2.76 bits per heavy atom. The summed E-state index contributed by atoms with van der Waals surface area (Å²) in [5.74, 6) is 2.66. The van der Waals surface area contributed by atoms with E-state index in [2.05, 4.69) is 18.2 Å². The number of rotatable bonds is 5. The van der Waals surface area contributed by atoms with Gasteiger partial charge in [0.15, 0.2) is 0 Å². The SMILES string of the molecule is C#CC(CCC)Nc1ccc([N+](=O)[O-])c(C)c1. The van der Waals surface area contributed by atoms with Gasteiger partial charge in [-0.3, -0.25) is 10.1 Å². The van der Waals surface area contributed by atoms with Crippen molar-refractivity contribution >= 4 is 11.4 Å². The first-order chi connectivity index (χ1) is 8.08. The molecule has 0 spiro atoms. The summed E-state index contributed by atoms with van der Waals surface area (Å²) in [4.78, 5) is 10.3. The summed E-state index contributed by atoms with van der Waals surface area (Å²) >= 11 is 0. The number of nitro groups is 1. The van der Waals surface area contributed by atoms with Crippen LogP contribution in [-0.4, -0.2) is 11.0 Å². The van der Waals surface area contributed by atoms with Crippen LogP contribution in [0, 0.1) is 29.4 Å². The second-order valence-electron chi connectivity index (χ2n) is 3.91. The molecule has 0 radical (unpaired) electrons. The number of hydrogen-bond donors (Lipinski definition) is 1. The molecule has 90 valence electrons. The molecule has 1 atom stereocenters. The first-order valence-corrected chi connectivity index (χ1v) is 5.56. The molecule has 0 aromatic heterocycles. The van der Waals surface area contributed by atoms with Gasteiger partial charge in [0.25, 0.3) is 5.69 Å². The van der Waals surface area contributed by atoms with Crippen LogP contribution >= 0.6 is 0 Å². The zero-order chi connectivity index (χ0) is 12.8. The highest BCUT2D eigenvalue weighted by Crippen LogP contribution is 2.22. The number of aryl methyl sites for hydroxylation is 1. The fraction of sp³-hybridized carbons (Fsp3) is 0.385. The number of nitrogens with zero attached hydrogens (tertiary/aromatic N) is 1. The topological polar surface area (TPSA) is 55.2 Å². The van der Waals surface area contributed by atoms with Gasteiger partial charge in [0.1, 0.15) is 0 Å². The molecule has 1 N–H and O–H groups in total. The van der Waals surface area contributed by atoms with Gasteiger partial charge in [-0.15, -0.1) is 6.42 Å². The Labute approximate surface area is 101 Å². The number of terminal acetylenes is 1. The van der Waals surface area contributed by atoms with E-state index in [-0.39, 0.29) is 16.7 Å². The maximum absolute atomic E-state index is 10.7. The van der Waals surface area contributed by atoms with Crippen LogP contribution in [0.15, 0.2) is 18.2 Å². The van der Waals surface area contributed by atoms with Crippen molar-refractivity contribution in [2.45, 2.75) is 32.7 Å². The molecule has 0 aliphatic heterocycles. The average Bonchev–Trinajstić information content (AvgIpc) is 2.28. The minimum absolute atomic E-state index is 0.0270. The van der Waals surface area contributed by atoms with Crippen molar-refractivity contribution in [1.82, 2.24) is 0 Å². The predicted molar refractivity (Wildman–Crippen MR) is 69.0 cm³/mol. The Morgan fingerprint density at radius 2 is 2.29 bits per heavy atom. The molecule has 1 unspecified atom stereocenters. The largest absolute Gasteiger partial charge is 0.372 e. The molecule has 0 bridgehead atoms. The number of hydrogen-bond acceptors (Lipinski definition) is 3. The third-order valence-electron chi connectivity index (χ3n) is 2.51. The van der Waals surface area contributed by atoms with Crippen LogP contribution in [0.3, 0.4) is 0 Å². The lowest BCUT2D eigenvalue weighted by Gasteiger charge is -2.13. The van der Waals surface area contributed by atoms with Gasteiger partial charge in [-0.2, -0.15) is 0 Å². The summed E-state index contributed by atoms with van der Waals surface area (Å²) in [5, 5.41) is 13.8. The highest BCUT2D eigenvalue weighted by Gasteiger charge is 2.11. The van der Waals surface area contributed by atoms with E-state index in [1.54, 1.807) is 19.1 Å². The fourth-order valence-electron chi connectivity index (χ4n) is 1.64. The molecule has 1 rings (SSSR count). The summed E-state index contributed by atoms with van der Waals surface area (Å²) in [5.41, 5.74) is 1.58. The molecule has 1 aromatic rings. The van der Waals surface area contributed by atoms with Crippen LogP contribution in [0.4, 0.5) is 11.4 Å². The van der Waals surface area contributed by atoms with E-state index >= 15 is 0 Å². The second kappa shape index (κ2) is 5.90. The minimum atomic E-state index is -0.385. The fourth-order valence-corrected chi connectivity index (χ4v) is 1.64. The molecule has 17 heavy (non-hydrogen) atoms. The normalized spacial score (nSPS) is 11.6. The average molecular weight is 232 g/mol. The Balaban J connectivity index is 2.84. The van der Waals surface area contributed by atoms with Gasteiger partial charge >= 0.3 is 0 Å². The predicted octanol–water partition coefficient (Wildman–Crippen LogP) is 3.12. The molecule has 0 aliphatic rings. The van der Waals surface area contributed by atoms with Crippen molar-refractivity contribution in [3.8, 4) is 12.3 Å². The Hall–Kier alpha value is -2.02. The van der Waals surface area contributed by atoms with Crippen molar-refractivity contribution in [2.24, 2.45) is 0 Å². The molecule has 4 nitrogen and oxygen atoms in total. The Bertz CT molecular complexity index is 449. The molecule has 0 aliphatic carbocycles. The number of anilines is 1. The molecule has 0 saturated heterocycles. The van der Waals surface area contributed by atoms with E-state index in [4.69, 9.17) is 6.42 Å². The third kappa shape index (κ3) is 3.49. The monoisotopic (exact) mass is 232 g/mol. The number of nitrogens with one attached hydrogen (secondary N) is 1. The smallest absolute Gasteiger partial charge is 0.272 e. The Kier molecular flexibility index (Phi) is 4.53. The van der Waals surface area contributed by atoms with Gasteiger partial charge in [0.05, 0.1) is 11.0 Å². The molecule has 0 amide bonds. The quantitative estimate of drug-likeness (QED) is 0.482. The molecular weight excluding hydrogens is 216 g/mol. The van der Waals surface area contributed by atoms with Gasteiger partial charge in [-0.1, -0.05) is 19.3 Å². The van der Waals surface area contributed by atoms with Crippen LogP contribution in [0.25, 0.3) is 0 Å². The first-order valence-electron chi connectivity index (χ1n) is 5.56. The van der Waals surface area contributed by atoms with E-state index in [1.807, 2.05) is 0 Å². The van der Waals surface area contributed by atoms with Gasteiger partial charge in [0.2, 0.25) is 0 Å². The van der Waals surface area contributed by atoms with E-state index in [0.717, 1.165) is 18.5 Å². The molecule has 0 saturated carbocycles. The van der Waals surface area contributed by atoms with E-state index in [0.29, 0.717) is 5.56 Å². The van der Waals surface area contributed by atoms with Crippen molar-refractivity contribution in [2.75, 3.05) is 5.32 Å². The molecule has 0 heterocycles. The third-order valence-corrected chi connectivity index (χ3v) is 2.51. The summed E-state index contributed by atoms with van der Waals surface area (Å²) < 4.78 is 0. The van der Waals surface area contributed by atoms with Crippen molar-refractivity contribution in [1.29, 1.82) is 0 Å². The van der Waals surface area contributed by atoms with Gasteiger partial charge < -0.3 is 5.32 Å². The molecule has 1 aromatic carbocycles. The first kappa shape index (κ1) is 13.0. The maximum atomic E-state index is 10.7. The zero-order valence-electron chi connectivity index (χ0n) is 10.1. The van der Waals surface area contributed by atoms with Gasteiger partial charge in [0, 0.05) is 17.3 Å². The zero-order valence-corrected chi connectivity index (χ0v) is 10.1. The van der Waals surface area contributed by atoms with Crippen LogP contribution in [0.2, 0.25) is 0 Å². The summed E-state index contributed by atoms with van der Waals surface area (Å²) in [6.45, 7) is 3.78. The van der Waals surface area contributed by atoms with Crippen LogP contribution in [0.1, 0.15) is 25.3 Å². The van der Waals surface area contributed by atoms with E-state index in [9.17, 15) is 10.1 Å². The molecule has 4 heteroatoms. The van der Waals surface area contributed by atoms with Gasteiger partial charge in [-0.25, -0.2) is 0 Å². The van der Waals surface area contributed by atoms with Crippen molar-refractivity contribution < 1.29 is 4.92 Å². The standard InChI is InChI=1S/C13H16N2O2/c1-4-6-11(5-2)14-12-7-8-13(15(16)17)10(3)9-12/h2,7-9,11,14H,4,6H2,1,3H3. The van der Waals surface area contributed by atoms with Crippen LogP contribution < -0.4 is 5.32 Å². The highest BCUT2D eigenvalue weighted by molar-refractivity contribution is 5.54. The second-order valence-corrected chi connectivity index (χ2v) is 3.91. The minimum Gasteiger partial charge on any atom is -0.372 e. The number of benzene rings is 1. The van der Waals surface area contributed by atoms with Crippen molar-refractivity contribution in [3.63, 3.8) is 0 Å². The van der Waals surface area contributed by atoms with Crippen LogP contribution in [-0.2, 0) is 0 Å². The molecule has 0 fully saturated rings. The van der Waals surface area contributed by atoms with Gasteiger partial charge in [-0.05, 0) is 25.5 Å². The maximum Gasteiger partial charge on any atom is 0.272 e. The molecular formula is C13H16N2O2. The highest BCUT2D eigenvalue weighted by atomic mass is 16.6. The van der Waals surface area contributed by atoms with E-state index in [1.165, 1.54) is 6.07 Å². The lowest BCUT2D eigenvalue weighted by atomic mass is 10.1. The summed E-state index contributed by atoms with van der Waals surface area (Å²) in [6, 6.07) is 4.90. The Morgan fingerprint density at radius 1 is 1.59 bits per heavy atom. The van der Waals surface area contributed by atoms with E-state index < -0.39 is 0 Å².